The lowest BCUT2D eigenvalue weighted by atomic mass is 10.0. The molecule has 3 amide bonds. The van der Waals surface area contributed by atoms with Gasteiger partial charge >= 0.3 is 17.9 Å². The highest BCUT2D eigenvalue weighted by molar-refractivity contribution is 5.97. The highest BCUT2D eigenvalue weighted by Crippen LogP contribution is 2.08. The lowest BCUT2D eigenvalue weighted by molar-refractivity contribution is -0.145. The van der Waals surface area contributed by atoms with Gasteiger partial charge in [-0.05, 0) is 44.2 Å². The van der Waals surface area contributed by atoms with Gasteiger partial charge in [-0.1, -0.05) is 19.9 Å². The largest absolute Gasteiger partial charge is 0.481 e. The van der Waals surface area contributed by atoms with Crippen molar-refractivity contribution < 1.29 is 43.3 Å². The van der Waals surface area contributed by atoms with Gasteiger partial charge in [0.25, 0.3) is 5.56 Å². The number of hydrogen-bond donors (Lipinski definition) is 4. The lowest BCUT2D eigenvalue weighted by Crippen LogP contribution is -2.45. The number of allylic oxidation sites excluding steroid dienone is 1. The molecular weight excluding hydrogens is 540 g/mol. The van der Waals surface area contributed by atoms with Crippen LogP contribution in [0.1, 0.15) is 52.9 Å². The number of carbonyl (C=O) groups is 6. The number of hydrogen-bond acceptors (Lipinski definition) is 9. The number of esters is 2. The summed E-state index contributed by atoms with van der Waals surface area (Å²) < 4.78 is 10.6. The number of aliphatic carboxylic acids is 1. The van der Waals surface area contributed by atoms with E-state index < -0.39 is 66.2 Å². The summed E-state index contributed by atoms with van der Waals surface area (Å²) in [5, 5.41) is 16.2. The average molecular weight is 579 g/mol. The summed E-state index contributed by atoms with van der Waals surface area (Å²) in [6.45, 7) is 5.14. The van der Waals surface area contributed by atoms with E-state index in [1.807, 2.05) is 13.8 Å². The predicted molar refractivity (Wildman–Crippen MR) is 147 cm³/mol. The number of nitrogens with one attached hydrogen (secondary N) is 3. The fraction of sp³-hybridized carbons (Fsp3) is 0.519. The van der Waals surface area contributed by atoms with E-state index in [2.05, 4.69) is 16.0 Å². The van der Waals surface area contributed by atoms with Crippen molar-refractivity contribution in [3.05, 3.63) is 40.8 Å². The maximum Gasteiger partial charge on any atom is 0.330 e. The topological polar surface area (TPSA) is 199 Å². The number of rotatable bonds is 17. The van der Waals surface area contributed by atoms with Gasteiger partial charge in [-0.3, -0.25) is 24.0 Å². The Bertz CT molecular complexity index is 1170. The summed E-state index contributed by atoms with van der Waals surface area (Å²) in [5.74, 6) is -4.37. The predicted octanol–water partition coefficient (Wildman–Crippen LogP) is 0.740. The first-order chi connectivity index (χ1) is 19.4. The van der Waals surface area contributed by atoms with Crippen LogP contribution >= 0.6 is 0 Å². The van der Waals surface area contributed by atoms with Crippen LogP contribution in [0.15, 0.2) is 35.3 Å². The highest BCUT2D eigenvalue weighted by atomic mass is 16.5. The first kappa shape index (κ1) is 34.5. The molecule has 1 heterocycles. The SMILES string of the molecule is CCOC(=O)/C=C/CC[C@H](NC(=O)CCC(=O)O)C(=O)Nc1cccn(CC(=O)N[C@@H](CC(C)C)C(=O)OC)c1=O. The molecular formula is C27H38N4O10. The van der Waals surface area contributed by atoms with E-state index in [4.69, 9.17) is 14.6 Å². The molecule has 0 aliphatic rings. The number of pyridine rings is 1. The standard InChI is InChI=1S/C27H38N4O10/c1-5-41-24(36)11-7-6-9-18(28-21(32)12-13-23(34)35)25(37)30-19-10-8-14-31(26(19)38)16-22(33)29-20(15-17(2)3)27(39)40-4/h7-8,10-11,14,17-18,20H,5-6,9,12-13,15-16H2,1-4H3,(H,28,32)(H,29,33)(H,30,37)(H,34,35)/b11-7+/t18-,20-/m0/s1. The Kier molecular flexibility index (Phi) is 15.1. The maximum atomic E-state index is 13.0. The van der Waals surface area contributed by atoms with E-state index in [0.717, 1.165) is 4.57 Å². The third-order valence-electron chi connectivity index (χ3n) is 5.50. The Balaban J connectivity index is 3.01. The van der Waals surface area contributed by atoms with Crippen LogP contribution in [0.4, 0.5) is 5.69 Å². The fourth-order valence-corrected chi connectivity index (χ4v) is 3.59. The van der Waals surface area contributed by atoms with Crippen molar-refractivity contribution in [1.82, 2.24) is 15.2 Å². The molecule has 1 rings (SSSR count). The molecule has 0 saturated heterocycles. The van der Waals surface area contributed by atoms with Gasteiger partial charge in [0, 0.05) is 18.7 Å². The van der Waals surface area contributed by atoms with Crippen molar-refractivity contribution in [2.24, 2.45) is 5.92 Å². The van der Waals surface area contributed by atoms with Crippen LogP contribution < -0.4 is 21.5 Å². The molecule has 0 aliphatic heterocycles. The van der Waals surface area contributed by atoms with Gasteiger partial charge in [0.2, 0.25) is 17.7 Å². The normalized spacial score (nSPS) is 12.3. The molecule has 0 unspecified atom stereocenters. The van der Waals surface area contributed by atoms with Crippen molar-refractivity contribution in [2.45, 2.75) is 71.5 Å². The fourth-order valence-electron chi connectivity index (χ4n) is 3.59. The van der Waals surface area contributed by atoms with Gasteiger partial charge < -0.3 is 35.1 Å². The minimum atomic E-state index is -1.19. The van der Waals surface area contributed by atoms with Gasteiger partial charge in [0.1, 0.15) is 24.3 Å². The van der Waals surface area contributed by atoms with E-state index in [9.17, 15) is 33.6 Å². The highest BCUT2D eigenvalue weighted by Gasteiger charge is 2.24. The molecule has 2 atom stereocenters. The van der Waals surface area contributed by atoms with Gasteiger partial charge in [-0.2, -0.15) is 0 Å². The van der Waals surface area contributed by atoms with Crippen LogP contribution in [0.25, 0.3) is 0 Å². The molecule has 0 spiro atoms. The Morgan fingerprint density at radius 3 is 2.34 bits per heavy atom. The number of carboxylic acid groups (broad SMARTS) is 1. The van der Waals surface area contributed by atoms with Crippen molar-refractivity contribution in [3.8, 4) is 0 Å². The number of amides is 3. The second-order valence-electron chi connectivity index (χ2n) is 9.36. The van der Waals surface area contributed by atoms with E-state index in [1.165, 1.54) is 37.6 Å². The van der Waals surface area contributed by atoms with Crippen LogP contribution in [-0.2, 0) is 44.8 Å². The molecule has 0 fully saturated rings. The molecule has 226 valence electrons. The minimum Gasteiger partial charge on any atom is -0.481 e. The second kappa shape index (κ2) is 18.0. The van der Waals surface area contributed by atoms with Gasteiger partial charge in [-0.15, -0.1) is 0 Å². The molecule has 14 nitrogen and oxygen atoms in total. The van der Waals surface area contributed by atoms with Crippen molar-refractivity contribution in [1.29, 1.82) is 0 Å². The van der Waals surface area contributed by atoms with E-state index in [1.54, 1.807) is 6.92 Å². The summed E-state index contributed by atoms with van der Waals surface area (Å²) in [6, 6.07) is 0.679. The Morgan fingerprint density at radius 2 is 1.73 bits per heavy atom. The summed E-state index contributed by atoms with van der Waals surface area (Å²) in [7, 11) is 1.21. The second-order valence-corrected chi connectivity index (χ2v) is 9.36. The Hall–Kier alpha value is -4.49. The van der Waals surface area contributed by atoms with Crippen molar-refractivity contribution >= 4 is 41.3 Å². The number of anilines is 1. The van der Waals surface area contributed by atoms with Gasteiger partial charge in [0.05, 0.1) is 20.1 Å². The van der Waals surface area contributed by atoms with Crippen molar-refractivity contribution in [3.63, 3.8) is 0 Å². The van der Waals surface area contributed by atoms with Crippen LogP contribution in [0, 0.1) is 5.92 Å². The van der Waals surface area contributed by atoms with Crippen LogP contribution in [0.2, 0.25) is 0 Å². The summed E-state index contributed by atoms with van der Waals surface area (Å²) in [5.41, 5.74) is -0.892. The zero-order valence-electron chi connectivity index (χ0n) is 23.6. The zero-order chi connectivity index (χ0) is 30.9. The number of methoxy groups -OCH3 is 1. The molecule has 1 aromatic heterocycles. The number of carbonyl (C=O) groups excluding carboxylic acids is 5. The summed E-state index contributed by atoms with van der Waals surface area (Å²) in [4.78, 5) is 85.1. The monoisotopic (exact) mass is 578 g/mol. The first-order valence-electron chi connectivity index (χ1n) is 13.1. The maximum absolute atomic E-state index is 13.0. The van der Waals surface area contributed by atoms with Crippen molar-refractivity contribution in [2.75, 3.05) is 19.0 Å². The lowest BCUT2D eigenvalue weighted by Gasteiger charge is -2.19. The number of ether oxygens (including phenoxy) is 2. The smallest absolute Gasteiger partial charge is 0.330 e. The first-order valence-corrected chi connectivity index (χ1v) is 13.1. The molecule has 0 radical (unpaired) electrons. The minimum absolute atomic E-state index is 0.0226. The van der Waals surface area contributed by atoms with E-state index in [-0.39, 0.29) is 37.5 Å². The number of nitrogens with zero attached hydrogens (tertiary/aromatic N) is 1. The molecule has 0 aromatic carbocycles. The molecule has 0 aliphatic carbocycles. The Morgan fingerprint density at radius 1 is 1.05 bits per heavy atom. The molecule has 41 heavy (non-hydrogen) atoms. The number of aromatic nitrogens is 1. The third-order valence-corrected chi connectivity index (χ3v) is 5.50. The molecule has 4 N–H and O–H groups in total. The quantitative estimate of drug-likeness (QED) is 0.151. The average Bonchev–Trinajstić information content (AvgIpc) is 2.90. The zero-order valence-corrected chi connectivity index (χ0v) is 23.6. The van der Waals surface area contributed by atoms with Crippen LogP contribution in [-0.4, -0.2) is 71.1 Å². The summed E-state index contributed by atoms with van der Waals surface area (Å²) >= 11 is 0. The molecule has 1 aromatic rings. The molecule has 0 bridgehead atoms. The summed E-state index contributed by atoms with van der Waals surface area (Å²) in [6.07, 6.45) is 3.68. The third kappa shape index (κ3) is 13.4. The van der Waals surface area contributed by atoms with Crippen LogP contribution in [0.3, 0.4) is 0 Å². The van der Waals surface area contributed by atoms with Gasteiger partial charge in [-0.25, -0.2) is 9.59 Å². The van der Waals surface area contributed by atoms with E-state index in [0.29, 0.717) is 6.42 Å². The van der Waals surface area contributed by atoms with Crippen LogP contribution in [0.5, 0.6) is 0 Å². The Labute approximate surface area is 237 Å². The molecule has 14 heteroatoms. The number of carboxylic acids is 1. The molecule has 0 saturated carbocycles. The van der Waals surface area contributed by atoms with E-state index >= 15 is 0 Å². The van der Waals surface area contributed by atoms with Gasteiger partial charge in [0.15, 0.2) is 0 Å².